The molecule has 0 unspecified atom stereocenters. The maximum absolute atomic E-state index is 12.8. The van der Waals surface area contributed by atoms with Crippen molar-refractivity contribution in [1.29, 1.82) is 0 Å². The second-order valence-corrected chi connectivity index (χ2v) is 10.6. The number of carbonyl (C=O) groups is 1. The summed E-state index contributed by atoms with van der Waals surface area (Å²) in [5.41, 5.74) is 0.193. The van der Waals surface area contributed by atoms with Gasteiger partial charge in [0, 0.05) is 6.42 Å². The fourth-order valence-electron chi connectivity index (χ4n) is 5.82. The number of hydrogen-bond acceptors (Lipinski definition) is 5. The summed E-state index contributed by atoms with van der Waals surface area (Å²) in [6.07, 6.45) is 3.80. The summed E-state index contributed by atoms with van der Waals surface area (Å²) in [6, 6.07) is 0. The molecule has 0 saturated heterocycles. The summed E-state index contributed by atoms with van der Waals surface area (Å²) < 4.78 is 44.0. The molecule has 3 rings (SSSR count). The zero-order valence-corrected chi connectivity index (χ0v) is 20.2. The molecule has 0 aromatic heterocycles. The van der Waals surface area contributed by atoms with Crippen LogP contribution in [0.25, 0.3) is 0 Å². The third-order valence-corrected chi connectivity index (χ3v) is 7.86. The number of halogens is 3. The molecule has 6 atom stereocenters. The van der Waals surface area contributed by atoms with Gasteiger partial charge in [0.25, 0.3) is 0 Å². The van der Waals surface area contributed by atoms with Gasteiger partial charge in [-0.1, -0.05) is 36.3 Å². The molecule has 0 amide bonds. The number of aliphatic hydroxyl groups excluding tert-OH is 2. The summed E-state index contributed by atoms with van der Waals surface area (Å²) >= 11 is 0. The zero-order valence-electron chi connectivity index (χ0n) is 20.2. The Morgan fingerprint density at radius 2 is 1.91 bits per heavy atom. The summed E-state index contributed by atoms with van der Waals surface area (Å²) in [4.78, 5) is 12.3. The van der Waals surface area contributed by atoms with Crippen LogP contribution in [0.15, 0.2) is 34.9 Å². The minimum Gasteiger partial charge on any atom is -0.458 e. The normalized spacial score (nSPS) is 33.7. The first-order chi connectivity index (χ1) is 15.7. The van der Waals surface area contributed by atoms with Crippen molar-refractivity contribution < 1.29 is 38.0 Å². The van der Waals surface area contributed by atoms with E-state index < -0.39 is 48.9 Å². The molecule has 3 aliphatic carbocycles. The third-order valence-electron chi connectivity index (χ3n) is 7.86. The lowest BCUT2D eigenvalue weighted by Gasteiger charge is -2.42. The van der Waals surface area contributed by atoms with Crippen LogP contribution in [0.3, 0.4) is 0 Å². The van der Waals surface area contributed by atoms with E-state index in [9.17, 15) is 33.3 Å². The molecule has 0 bridgehead atoms. The van der Waals surface area contributed by atoms with Crippen LogP contribution in [0, 0.1) is 11.3 Å². The fourth-order valence-corrected chi connectivity index (χ4v) is 5.82. The number of ether oxygens (including phenoxy) is 1. The highest BCUT2D eigenvalue weighted by molar-refractivity contribution is 5.70. The van der Waals surface area contributed by atoms with Gasteiger partial charge in [-0.25, -0.2) is 0 Å². The number of aliphatic hydroxyl groups is 3. The summed E-state index contributed by atoms with van der Waals surface area (Å²) in [7, 11) is 0. The van der Waals surface area contributed by atoms with E-state index in [0.29, 0.717) is 26.2 Å². The largest absolute Gasteiger partial charge is 0.458 e. The fraction of sp³-hybridized carbons (Fsp3) is 0.731. The van der Waals surface area contributed by atoms with E-state index in [1.165, 1.54) is 5.57 Å². The first kappa shape index (κ1) is 27.0. The molecular formula is C26H37F3O5. The van der Waals surface area contributed by atoms with Crippen molar-refractivity contribution in [2.24, 2.45) is 11.3 Å². The molecule has 2 fully saturated rings. The van der Waals surface area contributed by atoms with Crippen molar-refractivity contribution in [3.05, 3.63) is 34.9 Å². The Labute approximate surface area is 199 Å². The summed E-state index contributed by atoms with van der Waals surface area (Å²) in [6.45, 7) is 4.57. The Morgan fingerprint density at radius 3 is 2.53 bits per heavy atom. The molecular weight excluding hydrogens is 449 g/mol. The molecule has 34 heavy (non-hydrogen) atoms. The van der Waals surface area contributed by atoms with Crippen molar-refractivity contribution in [1.82, 2.24) is 0 Å². The Kier molecular flexibility index (Phi) is 8.05. The average molecular weight is 487 g/mol. The van der Waals surface area contributed by atoms with Crippen LogP contribution in [0.1, 0.15) is 78.6 Å². The van der Waals surface area contributed by atoms with Gasteiger partial charge in [-0.3, -0.25) is 4.79 Å². The highest BCUT2D eigenvalue weighted by Gasteiger charge is 2.50. The van der Waals surface area contributed by atoms with E-state index in [1.54, 1.807) is 6.92 Å². The number of hydrogen-bond donors (Lipinski definition) is 3. The smallest absolute Gasteiger partial charge is 0.416 e. The van der Waals surface area contributed by atoms with E-state index >= 15 is 0 Å². The van der Waals surface area contributed by atoms with Crippen LogP contribution in [0.4, 0.5) is 13.2 Å². The van der Waals surface area contributed by atoms with Crippen LogP contribution < -0.4 is 0 Å². The van der Waals surface area contributed by atoms with E-state index in [-0.39, 0.29) is 11.3 Å². The van der Waals surface area contributed by atoms with Crippen LogP contribution in [-0.2, 0) is 9.53 Å². The topological polar surface area (TPSA) is 87.0 Å². The molecule has 0 heterocycles. The first-order valence-electron chi connectivity index (χ1n) is 12.2. The molecule has 0 spiro atoms. The number of rotatable bonds is 6. The number of alkyl halides is 3. The van der Waals surface area contributed by atoms with Crippen LogP contribution in [0.5, 0.6) is 0 Å². The number of fused-ring (bicyclic) bond motifs is 1. The van der Waals surface area contributed by atoms with Crippen molar-refractivity contribution in [2.75, 3.05) is 0 Å². The maximum atomic E-state index is 12.8. The average Bonchev–Trinajstić information content (AvgIpc) is 3.07. The van der Waals surface area contributed by atoms with Gasteiger partial charge in [-0.05, 0) is 82.1 Å². The van der Waals surface area contributed by atoms with Gasteiger partial charge in [0.15, 0.2) is 5.60 Å². The predicted octanol–water partition coefficient (Wildman–Crippen LogP) is 4.91. The zero-order chi connectivity index (χ0) is 25.3. The van der Waals surface area contributed by atoms with E-state index in [4.69, 9.17) is 4.74 Å². The summed E-state index contributed by atoms with van der Waals surface area (Å²) in [5, 5.41) is 29.4. The third kappa shape index (κ3) is 5.94. The Bertz CT molecular complexity index is 845. The minimum atomic E-state index is -4.80. The standard InChI is InChI=1S/C26H37F3O5/c1-16(34-23(32)10-12-25(3,33)26(27,28)29)21-8-9-22-18(5-4-11-24(21,22)2)7-6-17-13-19(30)15-20(31)14-17/h6-8,16,19-20,22,30-31,33H,4-5,9-15H2,1-3H3/t16-,19+,20+,22-,24+,25-/m0/s1. The summed E-state index contributed by atoms with van der Waals surface area (Å²) in [5.74, 6) is -0.505. The van der Waals surface area contributed by atoms with Crippen molar-refractivity contribution in [2.45, 2.75) is 109 Å². The lowest BCUT2D eigenvalue weighted by Crippen LogP contribution is -2.42. The molecule has 0 aromatic rings. The lowest BCUT2D eigenvalue weighted by molar-refractivity contribution is -0.255. The second kappa shape index (κ2) is 10.2. The molecule has 0 aromatic carbocycles. The van der Waals surface area contributed by atoms with E-state index in [0.717, 1.165) is 36.8 Å². The number of carbonyl (C=O) groups excluding carboxylic acids is 1. The van der Waals surface area contributed by atoms with Crippen LogP contribution in [-0.4, -0.2) is 51.4 Å². The first-order valence-corrected chi connectivity index (χ1v) is 12.2. The number of allylic oxidation sites excluding steroid dienone is 4. The molecule has 192 valence electrons. The molecule has 2 saturated carbocycles. The van der Waals surface area contributed by atoms with Gasteiger partial charge in [0.05, 0.1) is 12.2 Å². The van der Waals surface area contributed by atoms with Gasteiger partial charge in [-0.15, -0.1) is 0 Å². The molecule has 3 aliphatic rings. The van der Waals surface area contributed by atoms with Gasteiger partial charge in [0.2, 0.25) is 0 Å². The van der Waals surface area contributed by atoms with E-state index in [2.05, 4.69) is 19.1 Å². The Hall–Kier alpha value is -1.64. The highest BCUT2D eigenvalue weighted by atomic mass is 19.4. The molecule has 0 radical (unpaired) electrons. The quantitative estimate of drug-likeness (QED) is 0.367. The Balaban J connectivity index is 1.64. The van der Waals surface area contributed by atoms with Gasteiger partial charge in [-0.2, -0.15) is 13.2 Å². The van der Waals surface area contributed by atoms with Crippen LogP contribution in [0.2, 0.25) is 0 Å². The molecule has 3 N–H and O–H groups in total. The van der Waals surface area contributed by atoms with Crippen LogP contribution >= 0.6 is 0 Å². The van der Waals surface area contributed by atoms with Gasteiger partial charge in [0.1, 0.15) is 6.10 Å². The minimum absolute atomic E-state index is 0.203. The predicted molar refractivity (Wildman–Crippen MR) is 122 cm³/mol. The van der Waals surface area contributed by atoms with Crippen molar-refractivity contribution in [3.8, 4) is 0 Å². The molecule has 5 nitrogen and oxygen atoms in total. The van der Waals surface area contributed by atoms with E-state index in [1.807, 2.05) is 6.08 Å². The highest BCUT2D eigenvalue weighted by Crippen LogP contribution is 2.55. The number of esters is 1. The van der Waals surface area contributed by atoms with Gasteiger partial charge >= 0.3 is 12.1 Å². The second-order valence-electron chi connectivity index (χ2n) is 10.6. The van der Waals surface area contributed by atoms with Gasteiger partial charge < -0.3 is 20.1 Å². The monoisotopic (exact) mass is 486 g/mol. The van der Waals surface area contributed by atoms with Crippen molar-refractivity contribution >= 4 is 5.97 Å². The SMILES string of the molecule is C[C@H](OC(=O)CC[C@](C)(O)C(F)(F)F)C1=CC[C@H]2C(=CC=C3C[C@@H](O)C[C@H](O)C3)CCC[C@]12C. The maximum Gasteiger partial charge on any atom is 0.416 e. The van der Waals surface area contributed by atoms with Crippen molar-refractivity contribution in [3.63, 3.8) is 0 Å². The molecule has 8 heteroatoms. The lowest BCUT2D eigenvalue weighted by atomic mass is 9.63. The Morgan fingerprint density at radius 1 is 1.26 bits per heavy atom. The molecule has 0 aliphatic heterocycles.